The first kappa shape index (κ1) is 16.4. The second-order valence-electron chi connectivity index (χ2n) is 7.62. The molecule has 0 bridgehead atoms. The van der Waals surface area contributed by atoms with E-state index in [9.17, 15) is 10.2 Å². The summed E-state index contributed by atoms with van der Waals surface area (Å²) >= 11 is 0. The summed E-state index contributed by atoms with van der Waals surface area (Å²) in [7, 11) is 0. The standard InChI is InChI=1S/C18H24O2.C2H4O/c1-18-9-8-14-13-5-3-12(19)10-11(13)2-4-15(14)16(18)6-7-17(18)20;1-2-3/h3,5,10,14-17,19-20H,2,4,6-9H2,1H3;2-3H,1H2/t14-,15-,16+,17+,18+;/m1./s1. The minimum Gasteiger partial charge on any atom is -0.516 e. The Morgan fingerprint density at radius 3 is 2.70 bits per heavy atom. The molecule has 3 aliphatic carbocycles. The van der Waals surface area contributed by atoms with Crippen LogP contribution in [0.25, 0.3) is 0 Å². The summed E-state index contributed by atoms with van der Waals surface area (Å²) in [4.78, 5) is 0. The largest absolute Gasteiger partial charge is 0.516 e. The fourth-order valence-corrected chi connectivity index (χ4v) is 5.54. The van der Waals surface area contributed by atoms with Crippen LogP contribution in [-0.2, 0) is 6.42 Å². The van der Waals surface area contributed by atoms with Crippen molar-refractivity contribution in [1.82, 2.24) is 0 Å². The molecule has 2 fully saturated rings. The zero-order valence-corrected chi connectivity index (χ0v) is 13.9. The van der Waals surface area contributed by atoms with Gasteiger partial charge in [0.05, 0.1) is 12.4 Å². The van der Waals surface area contributed by atoms with E-state index in [0.29, 0.717) is 17.6 Å². The highest BCUT2D eigenvalue weighted by Gasteiger charge is 2.54. The highest BCUT2D eigenvalue weighted by Crippen LogP contribution is 2.60. The Kier molecular flexibility index (Phi) is 4.41. The van der Waals surface area contributed by atoms with Crippen molar-refractivity contribution >= 4 is 0 Å². The Bertz CT molecular complexity index is 582. The zero-order valence-electron chi connectivity index (χ0n) is 13.9. The van der Waals surface area contributed by atoms with Crippen molar-refractivity contribution in [1.29, 1.82) is 0 Å². The molecular formula is C20H28O3. The predicted octanol–water partition coefficient (Wildman–Crippen LogP) is 4.30. The van der Waals surface area contributed by atoms with Gasteiger partial charge in [-0.15, -0.1) is 0 Å². The summed E-state index contributed by atoms with van der Waals surface area (Å²) in [6.07, 6.45) is 7.53. The molecule has 3 aliphatic rings. The van der Waals surface area contributed by atoms with Crippen LogP contribution < -0.4 is 0 Å². The molecule has 0 amide bonds. The lowest BCUT2D eigenvalue weighted by Gasteiger charge is -2.50. The number of benzene rings is 1. The number of hydrogen-bond donors (Lipinski definition) is 3. The molecule has 5 atom stereocenters. The van der Waals surface area contributed by atoms with Crippen LogP contribution in [0.1, 0.15) is 56.1 Å². The Labute approximate surface area is 138 Å². The van der Waals surface area contributed by atoms with Crippen molar-refractivity contribution in [2.75, 3.05) is 0 Å². The van der Waals surface area contributed by atoms with Crippen LogP contribution >= 0.6 is 0 Å². The first-order chi connectivity index (χ1) is 11.0. The van der Waals surface area contributed by atoms with Crippen molar-refractivity contribution in [3.63, 3.8) is 0 Å². The number of aliphatic hydroxyl groups is 2. The van der Waals surface area contributed by atoms with E-state index in [2.05, 4.69) is 19.6 Å². The van der Waals surface area contributed by atoms with Crippen LogP contribution in [0.3, 0.4) is 0 Å². The molecule has 3 nitrogen and oxygen atoms in total. The van der Waals surface area contributed by atoms with Gasteiger partial charge < -0.3 is 15.3 Å². The number of phenols is 1. The van der Waals surface area contributed by atoms with E-state index < -0.39 is 0 Å². The topological polar surface area (TPSA) is 60.7 Å². The monoisotopic (exact) mass is 316 g/mol. The number of fused-ring (bicyclic) bond motifs is 5. The normalized spacial score (nSPS) is 37.7. The lowest BCUT2D eigenvalue weighted by molar-refractivity contribution is -0.0226. The van der Waals surface area contributed by atoms with Crippen LogP contribution in [0.2, 0.25) is 0 Å². The molecular weight excluding hydrogens is 288 g/mol. The third kappa shape index (κ3) is 2.65. The van der Waals surface area contributed by atoms with E-state index in [-0.39, 0.29) is 11.5 Å². The SMILES string of the molecule is C=CO.C[C@]12CC[C@@H]3c4ccc(O)cc4CC[C@H]3[C@@H]1CC[C@@H]2O. The van der Waals surface area contributed by atoms with Gasteiger partial charge in [-0.05, 0) is 85.0 Å². The molecule has 2 saturated carbocycles. The molecule has 0 saturated heterocycles. The van der Waals surface area contributed by atoms with E-state index in [1.54, 1.807) is 0 Å². The number of hydrogen-bond acceptors (Lipinski definition) is 3. The summed E-state index contributed by atoms with van der Waals surface area (Å²) in [5, 5.41) is 27.4. The van der Waals surface area contributed by atoms with Crippen LogP contribution in [0.5, 0.6) is 5.75 Å². The fourth-order valence-electron chi connectivity index (χ4n) is 5.54. The van der Waals surface area contributed by atoms with Gasteiger partial charge in [0.25, 0.3) is 0 Å². The van der Waals surface area contributed by atoms with E-state index in [1.807, 2.05) is 12.1 Å². The quantitative estimate of drug-likeness (QED) is 0.625. The van der Waals surface area contributed by atoms with Gasteiger partial charge in [0.2, 0.25) is 0 Å². The summed E-state index contributed by atoms with van der Waals surface area (Å²) in [6.45, 7) is 5.23. The first-order valence-electron chi connectivity index (χ1n) is 8.76. The Morgan fingerprint density at radius 2 is 1.96 bits per heavy atom. The molecule has 0 radical (unpaired) electrons. The molecule has 3 N–H and O–H groups in total. The van der Waals surface area contributed by atoms with Gasteiger partial charge in [0.15, 0.2) is 0 Å². The molecule has 23 heavy (non-hydrogen) atoms. The maximum Gasteiger partial charge on any atom is 0.115 e. The molecule has 1 aromatic carbocycles. The molecule has 0 spiro atoms. The minimum atomic E-state index is -0.0883. The third-order valence-electron chi connectivity index (χ3n) is 6.66. The smallest absolute Gasteiger partial charge is 0.115 e. The Morgan fingerprint density at radius 1 is 1.22 bits per heavy atom. The number of aromatic hydroxyl groups is 1. The molecule has 0 aliphatic heterocycles. The summed E-state index contributed by atoms with van der Waals surface area (Å²) in [5.41, 5.74) is 2.99. The van der Waals surface area contributed by atoms with Crippen LogP contribution in [0, 0.1) is 17.3 Å². The summed E-state index contributed by atoms with van der Waals surface area (Å²) in [5.74, 6) is 2.49. The van der Waals surface area contributed by atoms with E-state index >= 15 is 0 Å². The van der Waals surface area contributed by atoms with Gasteiger partial charge in [-0.25, -0.2) is 0 Å². The van der Waals surface area contributed by atoms with Gasteiger partial charge in [0.1, 0.15) is 5.75 Å². The average molecular weight is 316 g/mol. The maximum atomic E-state index is 10.4. The number of phenolic OH excluding ortho intramolecular Hbond substituents is 1. The molecule has 0 aromatic heterocycles. The average Bonchev–Trinajstić information content (AvgIpc) is 2.83. The van der Waals surface area contributed by atoms with Gasteiger partial charge in [-0.1, -0.05) is 19.6 Å². The fraction of sp³-hybridized carbons (Fsp3) is 0.600. The van der Waals surface area contributed by atoms with Gasteiger partial charge in [-0.3, -0.25) is 0 Å². The Balaban J connectivity index is 0.000000485. The molecule has 3 heteroatoms. The van der Waals surface area contributed by atoms with Crippen molar-refractivity contribution in [3.8, 4) is 5.75 Å². The van der Waals surface area contributed by atoms with E-state index in [4.69, 9.17) is 5.11 Å². The summed E-state index contributed by atoms with van der Waals surface area (Å²) in [6, 6.07) is 5.96. The van der Waals surface area contributed by atoms with E-state index in [1.165, 1.54) is 30.4 Å². The van der Waals surface area contributed by atoms with Gasteiger partial charge in [-0.2, -0.15) is 0 Å². The second kappa shape index (κ2) is 6.20. The molecule has 1 aromatic rings. The van der Waals surface area contributed by atoms with E-state index in [0.717, 1.165) is 31.4 Å². The second-order valence-corrected chi connectivity index (χ2v) is 7.62. The molecule has 0 unspecified atom stereocenters. The molecule has 126 valence electrons. The third-order valence-corrected chi connectivity index (χ3v) is 6.66. The predicted molar refractivity (Wildman–Crippen MR) is 91.6 cm³/mol. The molecule has 4 rings (SSSR count). The van der Waals surface area contributed by atoms with Crippen LogP contribution in [0.4, 0.5) is 0 Å². The lowest BCUT2D eigenvalue weighted by atomic mass is 9.55. The number of rotatable bonds is 0. The first-order valence-corrected chi connectivity index (χ1v) is 8.76. The van der Waals surface area contributed by atoms with Gasteiger partial charge in [0, 0.05) is 0 Å². The van der Waals surface area contributed by atoms with Crippen molar-refractivity contribution in [2.24, 2.45) is 17.3 Å². The van der Waals surface area contributed by atoms with Crippen molar-refractivity contribution in [3.05, 3.63) is 42.2 Å². The number of aliphatic hydroxyl groups excluding tert-OH is 2. The lowest BCUT2D eigenvalue weighted by Crippen LogP contribution is -2.43. The maximum absolute atomic E-state index is 10.4. The summed E-state index contributed by atoms with van der Waals surface area (Å²) < 4.78 is 0. The van der Waals surface area contributed by atoms with Crippen molar-refractivity contribution in [2.45, 2.75) is 57.5 Å². The van der Waals surface area contributed by atoms with Gasteiger partial charge >= 0.3 is 0 Å². The highest BCUT2D eigenvalue weighted by molar-refractivity contribution is 5.40. The van der Waals surface area contributed by atoms with Crippen molar-refractivity contribution < 1.29 is 15.3 Å². The van der Waals surface area contributed by atoms with Crippen LogP contribution in [-0.4, -0.2) is 21.4 Å². The number of aryl methyl sites for hydroxylation is 1. The Hall–Kier alpha value is -1.48. The highest BCUT2D eigenvalue weighted by atomic mass is 16.3. The zero-order chi connectivity index (χ0) is 16.6. The molecule has 0 heterocycles. The minimum absolute atomic E-state index is 0.0883. The van der Waals surface area contributed by atoms with Crippen LogP contribution in [0.15, 0.2) is 31.0 Å².